The number of aryl methyl sites for hydroxylation is 1. The van der Waals surface area contributed by atoms with Crippen LogP contribution in [0.2, 0.25) is 0 Å². The maximum atomic E-state index is 12.2. The van der Waals surface area contributed by atoms with Crippen LogP contribution in [0.4, 0.5) is 24.5 Å². The second-order valence-electron chi connectivity index (χ2n) is 5.80. The van der Waals surface area contributed by atoms with Crippen molar-refractivity contribution in [3.63, 3.8) is 0 Å². The highest BCUT2D eigenvalue weighted by Gasteiger charge is 2.30. The molecule has 2 aromatic rings. The highest BCUT2D eigenvalue weighted by Crippen LogP contribution is 2.28. The molecule has 0 radical (unpaired) electrons. The Morgan fingerprint density at radius 3 is 2.40 bits per heavy atom. The van der Waals surface area contributed by atoms with Gasteiger partial charge in [0.1, 0.15) is 5.75 Å². The van der Waals surface area contributed by atoms with E-state index in [4.69, 9.17) is 12.2 Å². The SMILES string of the molecule is FC(F)(F)Oc1ccc(NC(=S)Nc2cccc3c2CCCC3)cc1. The Kier molecular flexibility index (Phi) is 5.13. The fourth-order valence-electron chi connectivity index (χ4n) is 2.92. The van der Waals surface area contributed by atoms with Crippen molar-refractivity contribution in [3.8, 4) is 5.75 Å². The normalized spacial score (nSPS) is 13.7. The molecule has 0 saturated heterocycles. The minimum atomic E-state index is -4.70. The second-order valence-corrected chi connectivity index (χ2v) is 6.21. The summed E-state index contributed by atoms with van der Waals surface area (Å²) in [5.74, 6) is -0.269. The van der Waals surface area contributed by atoms with Gasteiger partial charge in [0, 0.05) is 11.4 Å². The van der Waals surface area contributed by atoms with Gasteiger partial charge in [0.25, 0.3) is 0 Å². The van der Waals surface area contributed by atoms with Crippen molar-refractivity contribution in [2.24, 2.45) is 0 Å². The molecule has 0 saturated carbocycles. The average Bonchev–Trinajstić information content (AvgIpc) is 2.56. The van der Waals surface area contributed by atoms with Gasteiger partial charge in [0.2, 0.25) is 0 Å². The van der Waals surface area contributed by atoms with Crippen LogP contribution in [0.5, 0.6) is 5.75 Å². The largest absolute Gasteiger partial charge is 0.573 e. The first kappa shape index (κ1) is 17.5. The third-order valence-corrected chi connectivity index (χ3v) is 4.19. The van der Waals surface area contributed by atoms with Gasteiger partial charge in [0.05, 0.1) is 0 Å². The molecule has 25 heavy (non-hydrogen) atoms. The van der Waals surface area contributed by atoms with Crippen LogP contribution >= 0.6 is 12.2 Å². The summed E-state index contributed by atoms with van der Waals surface area (Å²) in [5.41, 5.74) is 4.18. The first-order chi connectivity index (χ1) is 11.9. The van der Waals surface area contributed by atoms with Gasteiger partial charge < -0.3 is 15.4 Å². The summed E-state index contributed by atoms with van der Waals surface area (Å²) in [6.07, 6.45) is -0.243. The Bertz CT molecular complexity index is 760. The third-order valence-electron chi connectivity index (χ3n) is 3.99. The molecule has 0 unspecified atom stereocenters. The van der Waals surface area contributed by atoms with E-state index < -0.39 is 6.36 Å². The number of hydrogen-bond acceptors (Lipinski definition) is 2. The van der Waals surface area contributed by atoms with Crippen LogP contribution in [0, 0.1) is 0 Å². The number of benzene rings is 2. The molecule has 0 atom stereocenters. The smallest absolute Gasteiger partial charge is 0.406 e. The number of halogens is 3. The highest BCUT2D eigenvalue weighted by atomic mass is 32.1. The number of alkyl halides is 3. The number of anilines is 2. The zero-order chi connectivity index (χ0) is 17.9. The second kappa shape index (κ2) is 7.31. The van der Waals surface area contributed by atoms with Gasteiger partial charge in [0.15, 0.2) is 5.11 Å². The Balaban J connectivity index is 1.63. The highest BCUT2D eigenvalue weighted by molar-refractivity contribution is 7.80. The summed E-state index contributed by atoms with van der Waals surface area (Å²) < 4.78 is 40.3. The van der Waals surface area contributed by atoms with E-state index in [0.29, 0.717) is 10.8 Å². The maximum absolute atomic E-state index is 12.2. The Hall–Kier alpha value is -2.28. The van der Waals surface area contributed by atoms with Crippen LogP contribution in [0.15, 0.2) is 42.5 Å². The van der Waals surface area contributed by atoms with Crippen LogP contribution in [0.25, 0.3) is 0 Å². The lowest BCUT2D eigenvalue weighted by Crippen LogP contribution is -2.21. The molecule has 0 fully saturated rings. The minimum absolute atomic E-state index is 0.269. The van der Waals surface area contributed by atoms with E-state index in [2.05, 4.69) is 21.4 Å². The summed E-state index contributed by atoms with van der Waals surface area (Å²) in [6, 6.07) is 11.6. The molecule has 3 nitrogen and oxygen atoms in total. The Labute approximate surface area is 149 Å². The van der Waals surface area contributed by atoms with Crippen LogP contribution in [-0.4, -0.2) is 11.5 Å². The summed E-state index contributed by atoms with van der Waals surface area (Å²) in [6.45, 7) is 0. The number of rotatable bonds is 3. The molecule has 2 aromatic carbocycles. The number of ether oxygens (including phenoxy) is 1. The molecule has 0 aliphatic heterocycles. The first-order valence-electron chi connectivity index (χ1n) is 7.95. The average molecular weight is 366 g/mol. The van der Waals surface area contributed by atoms with Gasteiger partial charge in [-0.15, -0.1) is 13.2 Å². The van der Waals surface area contributed by atoms with Crippen LogP contribution in [-0.2, 0) is 12.8 Å². The molecule has 3 rings (SSSR count). The number of fused-ring (bicyclic) bond motifs is 1. The minimum Gasteiger partial charge on any atom is -0.406 e. The van der Waals surface area contributed by atoms with Crippen molar-refractivity contribution < 1.29 is 17.9 Å². The van der Waals surface area contributed by atoms with Gasteiger partial charge in [-0.2, -0.15) is 0 Å². The first-order valence-corrected chi connectivity index (χ1v) is 8.36. The molecular formula is C18H17F3N2OS. The lowest BCUT2D eigenvalue weighted by molar-refractivity contribution is -0.274. The summed E-state index contributed by atoms with van der Waals surface area (Å²) in [5, 5.41) is 6.54. The molecule has 0 heterocycles. The molecule has 2 N–H and O–H groups in total. The predicted octanol–water partition coefficient (Wildman–Crippen LogP) is 5.27. The van der Waals surface area contributed by atoms with Crippen LogP contribution in [0.1, 0.15) is 24.0 Å². The molecule has 0 spiro atoms. The van der Waals surface area contributed by atoms with E-state index in [-0.39, 0.29) is 5.75 Å². The summed E-state index contributed by atoms with van der Waals surface area (Å²) in [4.78, 5) is 0. The van der Waals surface area contributed by atoms with Crippen molar-refractivity contribution in [3.05, 3.63) is 53.6 Å². The zero-order valence-corrected chi connectivity index (χ0v) is 14.1. The van der Waals surface area contributed by atoms with Crippen molar-refractivity contribution in [2.45, 2.75) is 32.0 Å². The summed E-state index contributed by atoms with van der Waals surface area (Å²) in [7, 11) is 0. The molecule has 0 aromatic heterocycles. The van der Waals surface area contributed by atoms with Crippen LogP contribution in [0.3, 0.4) is 0 Å². The van der Waals surface area contributed by atoms with Crippen molar-refractivity contribution in [1.82, 2.24) is 0 Å². The number of hydrogen-bond donors (Lipinski definition) is 2. The molecule has 0 bridgehead atoms. The zero-order valence-electron chi connectivity index (χ0n) is 13.3. The Morgan fingerprint density at radius 1 is 0.960 bits per heavy atom. The summed E-state index contributed by atoms with van der Waals surface area (Å²) >= 11 is 5.31. The monoisotopic (exact) mass is 366 g/mol. The Morgan fingerprint density at radius 2 is 1.68 bits per heavy atom. The maximum Gasteiger partial charge on any atom is 0.573 e. The molecule has 0 amide bonds. The van der Waals surface area contributed by atoms with Gasteiger partial charge in [-0.05, 0) is 79.4 Å². The fourth-order valence-corrected chi connectivity index (χ4v) is 3.15. The van der Waals surface area contributed by atoms with Crippen molar-refractivity contribution in [2.75, 3.05) is 10.6 Å². The van der Waals surface area contributed by atoms with Gasteiger partial charge in [-0.3, -0.25) is 0 Å². The predicted molar refractivity (Wildman–Crippen MR) is 96.1 cm³/mol. The van der Waals surface area contributed by atoms with E-state index in [0.717, 1.165) is 24.9 Å². The molecule has 132 valence electrons. The van der Waals surface area contributed by atoms with E-state index in [1.807, 2.05) is 12.1 Å². The van der Waals surface area contributed by atoms with E-state index in [1.165, 1.54) is 41.8 Å². The van der Waals surface area contributed by atoms with Crippen molar-refractivity contribution in [1.29, 1.82) is 0 Å². The third kappa shape index (κ3) is 4.85. The lowest BCUT2D eigenvalue weighted by Gasteiger charge is -2.20. The van der Waals surface area contributed by atoms with E-state index >= 15 is 0 Å². The van der Waals surface area contributed by atoms with Gasteiger partial charge >= 0.3 is 6.36 Å². The van der Waals surface area contributed by atoms with Gasteiger partial charge in [-0.1, -0.05) is 12.1 Å². The molecule has 1 aliphatic carbocycles. The lowest BCUT2D eigenvalue weighted by atomic mass is 9.90. The topological polar surface area (TPSA) is 33.3 Å². The number of thiocarbonyl (C=S) groups is 1. The molecular weight excluding hydrogens is 349 g/mol. The number of nitrogens with one attached hydrogen (secondary N) is 2. The van der Waals surface area contributed by atoms with E-state index in [9.17, 15) is 13.2 Å². The molecule has 1 aliphatic rings. The van der Waals surface area contributed by atoms with E-state index in [1.54, 1.807) is 0 Å². The standard InChI is InChI=1S/C18H17F3N2OS/c19-18(20,21)24-14-10-8-13(9-11-14)22-17(25)23-16-7-3-5-12-4-1-2-6-15(12)16/h3,5,7-11H,1-2,4,6H2,(H2,22,23,25). The van der Waals surface area contributed by atoms with Gasteiger partial charge in [-0.25, -0.2) is 0 Å². The quantitative estimate of drug-likeness (QED) is 0.725. The van der Waals surface area contributed by atoms with Crippen LogP contribution < -0.4 is 15.4 Å². The van der Waals surface area contributed by atoms with Crippen molar-refractivity contribution >= 4 is 28.7 Å². The molecule has 7 heteroatoms. The fraction of sp³-hybridized carbons (Fsp3) is 0.278.